The molecule has 0 saturated carbocycles. The average Bonchev–Trinajstić information content (AvgIpc) is 2.70. The lowest BCUT2D eigenvalue weighted by atomic mass is 10.1. The van der Waals surface area contributed by atoms with Crippen molar-refractivity contribution in [3.8, 4) is 11.3 Å². The van der Waals surface area contributed by atoms with Gasteiger partial charge in [0, 0.05) is 23.3 Å². The molecule has 0 aliphatic carbocycles. The summed E-state index contributed by atoms with van der Waals surface area (Å²) in [5.41, 5.74) is 1.58. The van der Waals surface area contributed by atoms with Crippen molar-refractivity contribution in [2.45, 2.75) is 10.1 Å². The number of nitrogens with one attached hydrogen (secondary N) is 1. The van der Waals surface area contributed by atoms with E-state index in [1.165, 1.54) is 31.4 Å². The van der Waals surface area contributed by atoms with Gasteiger partial charge in [0.15, 0.2) is 5.16 Å². The van der Waals surface area contributed by atoms with Gasteiger partial charge in [-0.2, -0.15) is 0 Å². The first kappa shape index (κ1) is 20.6. The fraction of sp³-hybridized carbons (Fsp3) is 0.105. The molecular formula is C19H14ClFN4O3S2. The molecule has 1 N–H and O–H groups in total. The first-order chi connectivity index (χ1) is 14.3. The van der Waals surface area contributed by atoms with E-state index in [9.17, 15) is 17.6 Å². The SMILES string of the molecule is CN1c2ccc(Cl)cc2-c2nc(SCC(=O)Nc3cccc(F)c3)ncc2S1(=O)=O. The number of sulfonamides is 1. The van der Waals surface area contributed by atoms with Crippen LogP contribution >= 0.6 is 23.4 Å². The molecule has 1 aromatic heterocycles. The van der Waals surface area contributed by atoms with Gasteiger partial charge in [-0.25, -0.2) is 22.8 Å². The highest BCUT2D eigenvalue weighted by Gasteiger charge is 2.34. The predicted molar refractivity (Wildman–Crippen MR) is 114 cm³/mol. The van der Waals surface area contributed by atoms with Crippen molar-refractivity contribution in [1.82, 2.24) is 9.97 Å². The monoisotopic (exact) mass is 464 g/mol. The summed E-state index contributed by atoms with van der Waals surface area (Å²) >= 11 is 7.13. The van der Waals surface area contributed by atoms with Gasteiger partial charge in [0.05, 0.1) is 23.3 Å². The van der Waals surface area contributed by atoms with E-state index in [0.29, 0.717) is 22.0 Å². The summed E-state index contributed by atoms with van der Waals surface area (Å²) in [6.07, 6.45) is 1.23. The van der Waals surface area contributed by atoms with Gasteiger partial charge in [-0.1, -0.05) is 29.4 Å². The third kappa shape index (κ3) is 3.85. The molecule has 1 aliphatic rings. The minimum absolute atomic E-state index is 0.0340. The normalized spacial score (nSPS) is 14.0. The van der Waals surface area contributed by atoms with Crippen LogP contribution in [0.1, 0.15) is 0 Å². The Morgan fingerprint density at radius 1 is 1.27 bits per heavy atom. The summed E-state index contributed by atoms with van der Waals surface area (Å²) in [4.78, 5) is 20.6. The maximum Gasteiger partial charge on any atom is 0.267 e. The van der Waals surface area contributed by atoms with Crippen LogP contribution in [-0.4, -0.2) is 37.1 Å². The van der Waals surface area contributed by atoms with Crippen LogP contribution in [0, 0.1) is 5.82 Å². The molecule has 0 spiro atoms. The number of halogens is 2. The smallest absolute Gasteiger partial charge is 0.267 e. The van der Waals surface area contributed by atoms with Crippen molar-refractivity contribution in [2.75, 3.05) is 22.4 Å². The number of nitrogens with zero attached hydrogens (tertiary/aromatic N) is 3. The molecule has 1 amide bonds. The topological polar surface area (TPSA) is 92.3 Å². The number of benzene rings is 2. The summed E-state index contributed by atoms with van der Waals surface area (Å²) in [6, 6.07) is 10.4. The van der Waals surface area contributed by atoms with E-state index in [-0.39, 0.29) is 27.4 Å². The van der Waals surface area contributed by atoms with Crippen LogP contribution in [0.5, 0.6) is 0 Å². The molecule has 154 valence electrons. The second kappa shape index (κ2) is 7.86. The van der Waals surface area contributed by atoms with E-state index in [0.717, 1.165) is 16.1 Å². The number of anilines is 2. The van der Waals surface area contributed by atoms with Crippen LogP contribution in [0.2, 0.25) is 5.02 Å². The molecule has 0 fully saturated rings. The second-order valence-electron chi connectivity index (χ2n) is 6.35. The first-order valence-corrected chi connectivity index (χ1v) is 11.4. The number of carbonyl (C=O) groups excluding carboxylic acids is 1. The summed E-state index contributed by atoms with van der Waals surface area (Å²) in [5.74, 6) is -0.866. The van der Waals surface area contributed by atoms with Gasteiger partial charge in [-0.05, 0) is 36.4 Å². The van der Waals surface area contributed by atoms with Crippen LogP contribution in [0.3, 0.4) is 0 Å². The summed E-state index contributed by atoms with van der Waals surface area (Å²) in [6.45, 7) is 0. The van der Waals surface area contributed by atoms with Gasteiger partial charge in [0.25, 0.3) is 10.0 Å². The van der Waals surface area contributed by atoms with Crippen molar-refractivity contribution in [3.05, 3.63) is 59.5 Å². The fourth-order valence-electron chi connectivity index (χ4n) is 2.95. The molecule has 2 aromatic carbocycles. The largest absolute Gasteiger partial charge is 0.325 e. The maximum atomic E-state index is 13.2. The van der Waals surface area contributed by atoms with E-state index < -0.39 is 15.8 Å². The molecule has 3 aromatic rings. The van der Waals surface area contributed by atoms with Crippen LogP contribution in [0.25, 0.3) is 11.3 Å². The Labute approximate surface area is 181 Å². The molecule has 11 heteroatoms. The van der Waals surface area contributed by atoms with Crippen molar-refractivity contribution in [3.63, 3.8) is 0 Å². The lowest BCUT2D eigenvalue weighted by Crippen LogP contribution is -2.31. The van der Waals surface area contributed by atoms with E-state index >= 15 is 0 Å². The Hall–Kier alpha value is -2.69. The Bertz CT molecular complexity index is 1270. The molecule has 30 heavy (non-hydrogen) atoms. The summed E-state index contributed by atoms with van der Waals surface area (Å²) in [7, 11) is -2.35. The van der Waals surface area contributed by atoms with Gasteiger partial charge in [0.2, 0.25) is 5.91 Å². The van der Waals surface area contributed by atoms with Crippen molar-refractivity contribution < 1.29 is 17.6 Å². The van der Waals surface area contributed by atoms with Crippen molar-refractivity contribution in [1.29, 1.82) is 0 Å². The third-order valence-electron chi connectivity index (χ3n) is 4.37. The Morgan fingerprint density at radius 2 is 2.07 bits per heavy atom. The molecular weight excluding hydrogens is 451 g/mol. The summed E-state index contributed by atoms with van der Waals surface area (Å²) in [5, 5.41) is 3.25. The zero-order valence-electron chi connectivity index (χ0n) is 15.5. The molecule has 0 atom stereocenters. The van der Waals surface area contributed by atoms with E-state index in [1.54, 1.807) is 24.3 Å². The predicted octanol–water partition coefficient (Wildman–Crippen LogP) is 3.81. The molecule has 4 rings (SSSR count). The molecule has 1 aliphatic heterocycles. The molecule has 7 nitrogen and oxygen atoms in total. The molecule has 0 radical (unpaired) electrons. The van der Waals surface area contributed by atoms with Crippen molar-refractivity contribution >= 4 is 50.7 Å². The highest BCUT2D eigenvalue weighted by Crippen LogP contribution is 2.42. The molecule has 0 bridgehead atoms. The van der Waals surface area contributed by atoms with Gasteiger partial charge < -0.3 is 5.32 Å². The van der Waals surface area contributed by atoms with E-state index in [4.69, 9.17) is 11.6 Å². The van der Waals surface area contributed by atoms with Gasteiger partial charge in [0.1, 0.15) is 10.7 Å². The Morgan fingerprint density at radius 3 is 2.83 bits per heavy atom. The number of amides is 1. The highest BCUT2D eigenvalue weighted by atomic mass is 35.5. The standard InChI is InChI=1S/C19H14ClFN4O3S2/c1-25-15-6-5-11(20)7-14(15)18-16(30(25,27)28)9-22-19(24-18)29-10-17(26)23-13-4-2-3-12(21)8-13/h2-9H,10H2,1H3,(H,23,26). The van der Waals surface area contributed by atoms with Gasteiger partial charge in [-0.15, -0.1) is 0 Å². The van der Waals surface area contributed by atoms with E-state index in [1.807, 2.05) is 0 Å². The minimum atomic E-state index is -3.80. The van der Waals surface area contributed by atoms with E-state index in [2.05, 4.69) is 15.3 Å². The third-order valence-corrected chi connectivity index (χ3v) is 7.23. The first-order valence-electron chi connectivity index (χ1n) is 8.60. The van der Waals surface area contributed by atoms with Crippen LogP contribution < -0.4 is 9.62 Å². The number of hydrogen-bond donors (Lipinski definition) is 1. The summed E-state index contributed by atoms with van der Waals surface area (Å²) < 4.78 is 39.9. The van der Waals surface area contributed by atoms with Crippen LogP contribution in [-0.2, 0) is 14.8 Å². The lowest BCUT2D eigenvalue weighted by molar-refractivity contribution is -0.113. The zero-order chi connectivity index (χ0) is 21.5. The number of aromatic nitrogens is 2. The zero-order valence-corrected chi connectivity index (χ0v) is 17.9. The van der Waals surface area contributed by atoms with Gasteiger partial charge >= 0.3 is 0 Å². The fourth-order valence-corrected chi connectivity index (χ4v) is 5.04. The van der Waals surface area contributed by atoms with Crippen molar-refractivity contribution in [2.24, 2.45) is 0 Å². The molecule has 2 heterocycles. The maximum absolute atomic E-state index is 13.2. The number of rotatable bonds is 4. The van der Waals surface area contributed by atoms with Crippen LogP contribution in [0.4, 0.5) is 15.8 Å². The van der Waals surface area contributed by atoms with Gasteiger partial charge in [-0.3, -0.25) is 9.10 Å². The minimum Gasteiger partial charge on any atom is -0.325 e. The quantitative estimate of drug-likeness (QED) is 0.466. The van der Waals surface area contributed by atoms with Crippen LogP contribution in [0.15, 0.2) is 58.7 Å². The Kier molecular flexibility index (Phi) is 5.39. The molecule has 0 saturated heterocycles. The lowest BCUT2D eigenvalue weighted by Gasteiger charge is -2.28. The highest BCUT2D eigenvalue weighted by molar-refractivity contribution is 7.99. The number of fused-ring (bicyclic) bond motifs is 3. The number of hydrogen-bond acceptors (Lipinski definition) is 6. The second-order valence-corrected chi connectivity index (χ2v) is 9.66. The average molecular weight is 465 g/mol. The Balaban J connectivity index is 1.59. The number of thioether (sulfide) groups is 1. The number of carbonyl (C=O) groups is 1. The molecule has 0 unspecified atom stereocenters.